The van der Waals surface area contributed by atoms with Crippen LogP contribution in [0.2, 0.25) is 0 Å². The third kappa shape index (κ3) is 3.12. The van der Waals surface area contributed by atoms with Gasteiger partial charge in [0.15, 0.2) is 5.82 Å². The lowest BCUT2D eigenvalue weighted by Gasteiger charge is -2.27. The predicted octanol–water partition coefficient (Wildman–Crippen LogP) is 3.23. The molecule has 7 nitrogen and oxygen atoms in total. The summed E-state index contributed by atoms with van der Waals surface area (Å²) in [6.45, 7) is 0.666. The zero-order valence-corrected chi connectivity index (χ0v) is 14.7. The number of amides is 1. The molecular formula is C19H21N5O2. The van der Waals surface area contributed by atoms with Crippen LogP contribution in [0.3, 0.4) is 0 Å². The minimum atomic E-state index is -0.216. The Morgan fingerprint density at radius 3 is 2.81 bits per heavy atom. The van der Waals surface area contributed by atoms with E-state index in [4.69, 9.17) is 4.52 Å². The second-order valence-corrected chi connectivity index (χ2v) is 6.55. The highest BCUT2D eigenvalue weighted by atomic mass is 16.5. The summed E-state index contributed by atoms with van der Waals surface area (Å²) in [4.78, 5) is 23.7. The van der Waals surface area contributed by atoms with Gasteiger partial charge in [-0.2, -0.15) is 4.98 Å². The zero-order chi connectivity index (χ0) is 17.9. The van der Waals surface area contributed by atoms with Gasteiger partial charge in [-0.3, -0.25) is 4.79 Å². The number of aryl methyl sites for hydroxylation is 1. The number of likely N-dealkylation sites (tertiary alicyclic amines) is 1. The van der Waals surface area contributed by atoms with Gasteiger partial charge in [-0.15, -0.1) is 0 Å². The van der Waals surface area contributed by atoms with Gasteiger partial charge in [-0.1, -0.05) is 48.3 Å². The van der Waals surface area contributed by atoms with Crippen molar-refractivity contribution in [2.24, 2.45) is 7.05 Å². The molecule has 1 aromatic carbocycles. The molecule has 3 aromatic rings. The Bertz CT molecular complexity index is 886. The Kier molecular flexibility index (Phi) is 4.51. The number of rotatable bonds is 3. The van der Waals surface area contributed by atoms with E-state index >= 15 is 0 Å². The number of hydrogen-bond donors (Lipinski definition) is 0. The van der Waals surface area contributed by atoms with Crippen molar-refractivity contribution in [3.63, 3.8) is 0 Å². The highest BCUT2D eigenvalue weighted by Crippen LogP contribution is 2.31. The Balaban J connectivity index is 1.65. The normalized spacial score (nSPS) is 17.9. The fourth-order valence-corrected chi connectivity index (χ4v) is 3.38. The molecule has 4 rings (SSSR count). The molecule has 0 spiro atoms. The number of aromatic nitrogens is 4. The van der Waals surface area contributed by atoms with Gasteiger partial charge < -0.3 is 14.0 Å². The van der Waals surface area contributed by atoms with E-state index in [1.807, 2.05) is 42.3 Å². The van der Waals surface area contributed by atoms with Crippen molar-refractivity contribution in [3.8, 4) is 11.4 Å². The maximum atomic E-state index is 13.0. The highest BCUT2D eigenvalue weighted by molar-refractivity contribution is 5.91. The van der Waals surface area contributed by atoms with Crippen LogP contribution in [0.25, 0.3) is 11.4 Å². The molecule has 2 aromatic heterocycles. The van der Waals surface area contributed by atoms with Crippen LogP contribution in [0.1, 0.15) is 48.2 Å². The number of carbonyl (C=O) groups is 1. The Hall–Kier alpha value is -2.96. The molecule has 0 aliphatic carbocycles. The Morgan fingerprint density at radius 1 is 1.19 bits per heavy atom. The Morgan fingerprint density at radius 2 is 2.04 bits per heavy atom. The van der Waals surface area contributed by atoms with Gasteiger partial charge >= 0.3 is 0 Å². The topological polar surface area (TPSA) is 77.1 Å². The molecule has 134 valence electrons. The number of imidazole rings is 1. The van der Waals surface area contributed by atoms with Gasteiger partial charge in [-0.05, 0) is 12.8 Å². The molecule has 0 bridgehead atoms. The van der Waals surface area contributed by atoms with Gasteiger partial charge in [0.1, 0.15) is 6.04 Å². The van der Waals surface area contributed by atoms with E-state index in [0.717, 1.165) is 31.2 Å². The van der Waals surface area contributed by atoms with E-state index in [9.17, 15) is 4.79 Å². The second kappa shape index (κ2) is 7.11. The van der Waals surface area contributed by atoms with Crippen molar-refractivity contribution in [2.45, 2.75) is 31.7 Å². The molecule has 26 heavy (non-hydrogen) atoms. The van der Waals surface area contributed by atoms with Crippen LogP contribution in [-0.4, -0.2) is 37.0 Å². The first-order chi connectivity index (χ1) is 12.7. The minimum Gasteiger partial charge on any atom is -0.337 e. The maximum Gasteiger partial charge on any atom is 0.290 e. The summed E-state index contributed by atoms with van der Waals surface area (Å²) in [5.41, 5.74) is 0.901. The molecule has 1 aliphatic rings. The van der Waals surface area contributed by atoms with Crippen LogP contribution in [0, 0.1) is 0 Å². The van der Waals surface area contributed by atoms with Crippen LogP contribution in [0.5, 0.6) is 0 Å². The van der Waals surface area contributed by atoms with Crippen LogP contribution >= 0.6 is 0 Å². The molecule has 1 unspecified atom stereocenters. The van der Waals surface area contributed by atoms with Gasteiger partial charge in [0.2, 0.25) is 11.7 Å². The Labute approximate surface area is 151 Å². The lowest BCUT2D eigenvalue weighted by atomic mass is 10.1. The van der Waals surface area contributed by atoms with Crippen LogP contribution in [0.4, 0.5) is 0 Å². The fraction of sp³-hybridized carbons (Fsp3) is 0.368. The monoisotopic (exact) mass is 351 g/mol. The summed E-state index contributed by atoms with van der Waals surface area (Å²) in [5.74, 6) is 1.38. The lowest BCUT2D eigenvalue weighted by molar-refractivity contribution is 0.0628. The quantitative estimate of drug-likeness (QED) is 0.724. The van der Waals surface area contributed by atoms with E-state index in [1.165, 1.54) is 0 Å². The first kappa shape index (κ1) is 16.5. The van der Waals surface area contributed by atoms with Crippen molar-refractivity contribution in [3.05, 3.63) is 54.4 Å². The van der Waals surface area contributed by atoms with Crippen molar-refractivity contribution in [2.75, 3.05) is 6.54 Å². The van der Waals surface area contributed by atoms with E-state index in [-0.39, 0.29) is 11.9 Å². The average molecular weight is 351 g/mol. The van der Waals surface area contributed by atoms with Crippen molar-refractivity contribution in [1.82, 2.24) is 24.6 Å². The molecular weight excluding hydrogens is 330 g/mol. The summed E-state index contributed by atoms with van der Waals surface area (Å²) in [6, 6.07) is 9.49. The van der Waals surface area contributed by atoms with E-state index < -0.39 is 0 Å². The summed E-state index contributed by atoms with van der Waals surface area (Å²) < 4.78 is 7.30. The molecule has 0 radical (unpaired) electrons. The van der Waals surface area contributed by atoms with Crippen LogP contribution in [-0.2, 0) is 7.05 Å². The van der Waals surface area contributed by atoms with Gasteiger partial charge in [-0.25, -0.2) is 4.98 Å². The number of benzene rings is 1. The van der Waals surface area contributed by atoms with E-state index in [0.29, 0.717) is 24.1 Å². The summed E-state index contributed by atoms with van der Waals surface area (Å²) in [6.07, 6.45) is 7.30. The van der Waals surface area contributed by atoms with Gasteiger partial charge in [0.05, 0.1) is 0 Å². The standard InChI is InChI=1S/C19H21N5O2/c1-23-13-11-20-17(23)19(25)24-12-7-3-6-10-15(24)18-21-16(22-26-18)14-8-4-2-5-9-14/h2,4-5,8-9,11,13,15H,3,6-7,10,12H2,1H3. The van der Waals surface area contributed by atoms with Crippen LogP contribution < -0.4 is 0 Å². The number of nitrogens with zero attached hydrogens (tertiary/aromatic N) is 5. The predicted molar refractivity (Wildman–Crippen MR) is 95.2 cm³/mol. The fourth-order valence-electron chi connectivity index (χ4n) is 3.38. The smallest absolute Gasteiger partial charge is 0.290 e. The molecule has 7 heteroatoms. The highest BCUT2D eigenvalue weighted by Gasteiger charge is 2.33. The molecule has 1 atom stereocenters. The summed E-state index contributed by atoms with van der Waals surface area (Å²) in [5, 5.41) is 4.12. The molecule has 0 N–H and O–H groups in total. The third-order valence-electron chi connectivity index (χ3n) is 4.78. The zero-order valence-electron chi connectivity index (χ0n) is 14.7. The van der Waals surface area contributed by atoms with E-state index in [2.05, 4.69) is 15.1 Å². The first-order valence-electron chi connectivity index (χ1n) is 8.91. The average Bonchev–Trinajstić information content (AvgIpc) is 3.25. The van der Waals surface area contributed by atoms with Crippen molar-refractivity contribution in [1.29, 1.82) is 0 Å². The first-order valence-corrected chi connectivity index (χ1v) is 8.91. The molecule has 0 saturated carbocycles. The molecule has 1 amide bonds. The second-order valence-electron chi connectivity index (χ2n) is 6.55. The van der Waals surface area contributed by atoms with E-state index in [1.54, 1.807) is 17.0 Å². The third-order valence-corrected chi connectivity index (χ3v) is 4.78. The van der Waals surface area contributed by atoms with Crippen molar-refractivity contribution < 1.29 is 9.32 Å². The van der Waals surface area contributed by atoms with Gasteiger partial charge in [0, 0.05) is 31.5 Å². The summed E-state index contributed by atoms with van der Waals surface area (Å²) in [7, 11) is 1.83. The SMILES string of the molecule is Cn1ccnc1C(=O)N1CCCCCC1c1nc(-c2ccccc2)no1. The summed E-state index contributed by atoms with van der Waals surface area (Å²) >= 11 is 0. The molecule has 3 heterocycles. The largest absolute Gasteiger partial charge is 0.337 e. The van der Waals surface area contributed by atoms with Crippen molar-refractivity contribution >= 4 is 5.91 Å². The maximum absolute atomic E-state index is 13.0. The van der Waals surface area contributed by atoms with Crippen LogP contribution in [0.15, 0.2) is 47.2 Å². The molecule has 1 fully saturated rings. The lowest BCUT2D eigenvalue weighted by Crippen LogP contribution is -2.36. The molecule has 1 saturated heterocycles. The van der Waals surface area contributed by atoms with Gasteiger partial charge in [0.25, 0.3) is 5.91 Å². The minimum absolute atomic E-state index is 0.0936. The number of carbonyl (C=O) groups excluding carboxylic acids is 1. The molecule has 1 aliphatic heterocycles. The number of hydrogen-bond acceptors (Lipinski definition) is 5.